The van der Waals surface area contributed by atoms with Crippen molar-refractivity contribution >= 4 is 17.7 Å². The molecule has 6 nitrogen and oxygen atoms in total. The van der Waals surface area contributed by atoms with Gasteiger partial charge in [0.05, 0.1) is 5.75 Å². The van der Waals surface area contributed by atoms with E-state index in [4.69, 9.17) is 4.74 Å². The van der Waals surface area contributed by atoms with Gasteiger partial charge >= 0.3 is 0 Å². The van der Waals surface area contributed by atoms with Crippen LogP contribution < -0.4 is 10.1 Å². The summed E-state index contributed by atoms with van der Waals surface area (Å²) in [6.07, 6.45) is -0.486. The van der Waals surface area contributed by atoms with Gasteiger partial charge in [-0.25, -0.2) is 8.78 Å². The molecule has 4 aromatic rings. The van der Waals surface area contributed by atoms with E-state index >= 15 is 0 Å². The fourth-order valence-corrected chi connectivity index (χ4v) is 4.00. The molecule has 1 N–H and O–H groups in total. The zero-order valence-corrected chi connectivity index (χ0v) is 19.1. The second-order valence-electron chi connectivity index (χ2n) is 7.42. The summed E-state index contributed by atoms with van der Waals surface area (Å²) < 4.78 is 34.0. The van der Waals surface area contributed by atoms with Gasteiger partial charge in [-0.15, -0.1) is 10.2 Å². The smallest absolute Gasteiger partial charge is 0.230 e. The van der Waals surface area contributed by atoms with Gasteiger partial charge in [0.25, 0.3) is 0 Å². The molecule has 1 unspecified atom stereocenters. The summed E-state index contributed by atoms with van der Waals surface area (Å²) in [4.78, 5) is 12.4. The Morgan fingerprint density at radius 1 is 0.971 bits per heavy atom. The van der Waals surface area contributed by atoms with E-state index in [1.54, 1.807) is 24.3 Å². The average Bonchev–Trinajstić information content (AvgIpc) is 3.28. The van der Waals surface area contributed by atoms with E-state index in [1.807, 2.05) is 41.8 Å². The minimum Gasteiger partial charge on any atom is -0.483 e. The molecule has 0 saturated heterocycles. The zero-order chi connectivity index (χ0) is 23.9. The number of carbonyl (C=O) groups excluding carboxylic acids is 1. The molecule has 34 heavy (non-hydrogen) atoms. The van der Waals surface area contributed by atoms with Crippen LogP contribution in [-0.2, 0) is 11.3 Å². The standard InChI is InChI=1S/C25H22F2N4O2S/c1-17(33-22-13-11-20(27)12-14-22)24-29-30-25(31(24)21-5-3-2-4-6-21)34-16-23(32)28-15-18-7-9-19(26)10-8-18/h2-14,17H,15-16H2,1H3,(H,28,32). The number of halogens is 2. The molecular formula is C25H22F2N4O2S. The van der Waals surface area contributed by atoms with Crippen molar-refractivity contribution in [2.75, 3.05) is 5.75 Å². The molecule has 1 atom stereocenters. The van der Waals surface area contributed by atoms with E-state index in [0.29, 0.717) is 23.3 Å². The van der Waals surface area contributed by atoms with Gasteiger partial charge in [0.15, 0.2) is 17.1 Å². The number of thioether (sulfide) groups is 1. The van der Waals surface area contributed by atoms with Crippen molar-refractivity contribution in [2.45, 2.75) is 24.7 Å². The van der Waals surface area contributed by atoms with E-state index in [1.165, 1.54) is 36.0 Å². The van der Waals surface area contributed by atoms with Crippen LogP contribution in [0, 0.1) is 11.6 Å². The summed E-state index contributed by atoms with van der Waals surface area (Å²) >= 11 is 1.25. The lowest BCUT2D eigenvalue weighted by Crippen LogP contribution is -2.24. The Morgan fingerprint density at radius 3 is 2.29 bits per heavy atom. The zero-order valence-electron chi connectivity index (χ0n) is 18.3. The normalized spacial score (nSPS) is 11.7. The van der Waals surface area contributed by atoms with Crippen molar-refractivity contribution in [1.82, 2.24) is 20.1 Å². The lowest BCUT2D eigenvalue weighted by molar-refractivity contribution is -0.118. The number of benzene rings is 3. The van der Waals surface area contributed by atoms with Gasteiger partial charge < -0.3 is 10.1 Å². The van der Waals surface area contributed by atoms with Crippen LogP contribution in [0.2, 0.25) is 0 Å². The van der Waals surface area contributed by atoms with Gasteiger partial charge in [-0.2, -0.15) is 0 Å². The van der Waals surface area contributed by atoms with Crippen LogP contribution in [-0.4, -0.2) is 26.4 Å². The largest absolute Gasteiger partial charge is 0.483 e. The Hall–Kier alpha value is -3.72. The molecule has 0 saturated carbocycles. The maximum absolute atomic E-state index is 13.2. The summed E-state index contributed by atoms with van der Waals surface area (Å²) in [6, 6.07) is 21.3. The molecule has 174 valence electrons. The number of ether oxygens (including phenoxy) is 1. The fourth-order valence-electron chi connectivity index (χ4n) is 3.21. The highest BCUT2D eigenvalue weighted by molar-refractivity contribution is 7.99. The number of para-hydroxylation sites is 1. The first-order valence-electron chi connectivity index (χ1n) is 10.6. The molecule has 0 aliphatic heterocycles. The van der Waals surface area contributed by atoms with E-state index < -0.39 is 6.10 Å². The van der Waals surface area contributed by atoms with Crippen molar-refractivity contribution in [3.63, 3.8) is 0 Å². The molecule has 0 aliphatic carbocycles. The Labute approximate surface area is 200 Å². The molecule has 0 aliphatic rings. The predicted octanol–water partition coefficient (Wildman–Crippen LogP) is 5.09. The van der Waals surface area contributed by atoms with Gasteiger partial charge in [-0.1, -0.05) is 42.1 Å². The van der Waals surface area contributed by atoms with Crippen molar-refractivity contribution in [1.29, 1.82) is 0 Å². The number of amides is 1. The Morgan fingerprint density at radius 2 is 1.62 bits per heavy atom. The van der Waals surface area contributed by atoms with Gasteiger partial charge in [0.1, 0.15) is 17.4 Å². The number of carbonyl (C=O) groups is 1. The van der Waals surface area contributed by atoms with Crippen molar-refractivity contribution in [2.24, 2.45) is 0 Å². The molecule has 0 bridgehead atoms. The highest BCUT2D eigenvalue weighted by Gasteiger charge is 2.21. The minimum atomic E-state index is -0.486. The lowest BCUT2D eigenvalue weighted by atomic mass is 10.2. The number of aromatic nitrogens is 3. The predicted molar refractivity (Wildman–Crippen MR) is 126 cm³/mol. The van der Waals surface area contributed by atoms with Gasteiger partial charge in [0, 0.05) is 12.2 Å². The fraction of sp³-hybridized carbons (Fsp3) is 0.160. The topological polar surface area (TPSA) is 69.0 Å². The summed E-state index contributed by atoms with van der Waals surface area (Å²) in [7, 11) is 0. The van der Waals surface area contributed by atoms with Gasteiger partial charge in [-0.3, -0.25) is 9.36 Å². The Kier molecular flexibility index (Phi) is 7.54. The molecule has 0 fully saturated rings. The van der Waals surface area contributed by atoms with E-state index in [2.05, 4.69) is 15.5 Å². The third kappa shape index (κ3) is 5.99. The van der Waals surface area contributed by atoms with Crippen molar-refractivity contribution in [3.8, 4) is 11.4 Å². The van der Waals surface area contributed by atoms with Crippen LogP contribution in [0.15, 0.2) is 84.0 Å². The second-order valence-corrected chi connectivity index (χ2v) is 8.36. The third-order valence-electron chi connectivity index (χ3n) is 4.90. The van der Waals surface area contributed by atoms with Crippen molar-refractivity contribution < 1.29 is 18.3 Å². The number of nitrogens with one attached hydrogen (secondary N) is 1. The molecule has 1 aromatic heterocycles. The number of nitrogens with zero attached hydrogens (tertiary/aromatic N) is 3. The molecule has 0 spiro atoms. The molecule has 0 radical (unpaired) electrons. The van der Waals surface area contributed by atoms with Crippen LogP contribution in [0.4, 0.5) is 8.78 Å². The molecule has 9 heteroatoms. The van der Waals surface area contributed by atoms with E-state index in [-0.39, 0.29) is 23.3 Å². The minimum absolute atomic E-state index is 0.124. The first-order chi connectivity index (χ1) is 16.5. The van der Waals surface area contributed by atoms with Crippen LogP contribution in [0.5, 0.6) is 5.75 Å². The van der Waals surface area contributed by atoms with Crippen LogP contribution in [0.25, 0.3) is 5.69 Å². The number of rotatable bonds is 9. The van der Waals surface area contributed by atoms with Crippen molar-refractivity contribution in [3.05, 3.63) is 102 Å². The third-order valence-corrected chi connectivity index (χ3v) is 5.83. The molecule has 4 rings (SSSR count). The molecule has 1 amide bonds. The first-order valence-corrected chi connectivity index (χ1v) is 11.5. The van der Waals surface area contributed by atoms with Crippen LogP contribution in [0.3, 0.4) is 0 Å². The van der Waals surface area contributed by atoms with Crippen LogP contribution >= 0.6 is 11.8 Å². The number of hydrogen-bond acceptors (Lipinski definition) is 5. The highest BCUT2D eigenvalue weighted by Crippen LogP contribution is 2.28. The Balaban J connectivity index is 1.47. The average molecular weight is 481 g/mol. The summed E-state index contributed by atoms with van der Waals surface area (Å²) in [6.45, 7) is 2.13. The summed E-state index contributed by atoms with van der Waals surface area (Å²) in [5, 5.41) is 11.9. The lowest BCUT2D eigenvalue weighted by Gasteiger charge is -2.16. The summed E-state index contributed by atoms with van der Waals surface area (Å²) in [5.41, 5.74) is 1.63. The monoisotopic (exact) mass is 480 g/mol. The second kappa shape index (κ2) is 10.9. The van der Waals surface area contributed by atoms with Gasteiger partial charge in [-0.05, 0) is 61.0 Å². The van der Waals surface area contributed by atoms with Crippen LogP contribution in [0.1, 0.15) is 24.4 Å². The van der Waals surface area contributed by atoms with E-state index in [9.17, 15) is 13.6 Å². The highest BCUT2D eigenvalue weighted by atomic mass is 32.2. The molecule has 3 aromatic carbocycles. The molecule has 1 heterocycles. The number of hydrogen-bond donors (Lipinski definition) is 1. The van der Waals surface area contributed by atoms with E-state index in [0.717, 1.165) is 11.3 Å². The SMILES string of the molecule is CC(Oc1ccc(F)cc1)c1nnc(SCC(=O)NCc2ccc(F)cc2)n1-c1ccccc1. The maximum atomic E-state index is 13.2. The first kappa shape index (κ1) is 23.4. The van der Waals surface area contributed by atoms with Gasteiger partial charge in [0.2, 0.25) is 5.91 Å². The quantitative estimate of drug-likeness (QED) is 0.338. The Bertz CT molecular complexity index is 1230. The maximum Gasteiger partial charge on any atom is 0.230 e. The summed E-state index contributed by atoms with van der Waals surface area (Å²) in [5.74, 6) is 0.326. The molecular weight excluding hydrogens is 458 g/mol.